The van der Waals surface area contributed by atoms with E-state index >= 15 is 0 Å². The number of alkyl halides is 3. The highest BCUT2D eigenvalue weighted by molar-refractivity contribution is 6.31. The van der Waals surface area contributed by atoms with Crippen molar-refractivity contribution in [2.24, 2.45) is 10.2 Å². The fourth-order valence-electron chi connectivity index (χ4n) is 1.43. The van der Waals surface area contributed by atoms with E-state index in [9.17, 15) is 18.0 Å². The Morgan fingerprint density at radius 1 is 1.48 bits per heavy atom. The number of carbonyl (C=O) groups excluding carboxylic acids is 1. The summed E-state index contributed by atoms with van der Waals surface area (Å²) in [4.78, 5) is 12.7. The van der Waals surface area contributed by atoms with E-state index in [0.29, 0.717) is 0 Å². The van der Waals surface area contributed by atoms with E-state index in [0.717, 1.165) is 23.1 Å². The van der Waals surface area contributed by atoms with Gasteiger partial charge >= 0.3 is 12.2 Å². The molecule has 0 unspecified atom stereocenters. The topological polar surface area (TPSA) is 70.7 Å². The predicted molar refractivity (Wildman–Crippen MR) is 73.9 cm³/mol. The molecule has 3 N–H and O–H groups in total. The lowest BCUT2D eigenvalue weighted by atomic mass is 10.1. The van der Waals surface area contributed by atoms with Gasteiger partial charge in [-0.15, -0.1) is 4.51 Å². The SMILES string of the molecule is CN(Cc1cc(C(F)(F)F)ccc1Cl)C(=O)NC(N)=NCl. The molecule has 0 atom stereocenters. The number of guanidine groups is 1. The third-order valence-corrected chi connectivity index (χ3v) is 3.00. The summed E-state index contributed by atoms with van der Waals surface area (Å²) in [5, 5.41) is 2.24. The van der Waals surface area contributed by atoms with Gasteiger partial charge in [0.25, 0.3) is 0 Å². The summed E-state index contributed by atoms with van der Waals surface area (Å²) >= 11 is 10.9. The minimum absolute atomic E-state index is 0.113. The summed E-state index contributed by atoms with van der Waals surface area (Å²) in [5.41, 5.74) is 4.50. The van der Waals surface area contributed by atoms with E-state index in [4.69, 9.17) is 29.1 Å². The van der Waals surface area contributed by atoms with Crippen molar-refractivity contribution in [3.63, 3.8) is 0 Å². The monoisotopic (exact) mass is 342 g/mol. The minimum atomic E-state index is -4.49. The molecule has 10 heteroatoms. The van der Waals surface area contributed by atoms with Crippen LogP contribution in [0.1, 0.15) is 11.1 Å². The molecule has 0 fully saturated rings. The molecule has 0 aliphatic heterocycles. The maximum atomic E-state index is 12.6. The van der Waals surface area contributed by atoms with Crippen LogP contribution in [0.25, 0.3) is 0 Å². The molecule has 0 saturated carbocycles. The molecule has 0 saturated heterocycles. The molecule has 1 aromatic carbocycles. The number of amides is 2. The highest BCUT2D eigenvalue weighted by Crippen LogP contribution is 2.32. The first-order valence-corrected chi connectivity index (χ1v) is 6.19. The summed E-state index contributed by atoms with van der Waals surface area (Å²) in [6.45, 7) is -0.149. The third kappa shape index (κ3) is 4.98. The number of nitrogens with zero attached hydrogens (tertiary/aromatic N) is 2. The van der Waals surface area contributed by atoms with Gasteiger partial charge in [0.05, 0.1) is 5.56 Å². The Hall–Kier alpha value is -1.67. The van der Waals surface area contributed by atoms with E-state index in [1.165, 1.54) is 7.05 Å². The summed E-state index contributed by atoms with van der Waals surface area (Å²) in [7, 11) is 1.35. The zero-order valence-corrected chi connectivity index (χ0v) is 12.2. The van der Waals surface area contributed by atoms with Crippen LogP contribution in [0.2, 0.25) is 5.02 Å². The van der Waals surface area contributed by atoms with Gasteiger partial charge in [0, 0.05) is 30.4 Å². The lowest BCUT2D eigenvalue weighted by molar-refractivity contribution is -0.137. The number of hydrogen-bond donors (Lipinski definition) is 2. The van der Waals surface area contributed by atoms with Crippen molar-refractivity contribution in [1.82, 2.24) is 10.2 Å². The molecule has 21 heavy (non-hydrogen) atoms. The predicted octanol–water partition coefficient (Wildman–Crippen LogP) is 2.97. The maximum absolute atomic E-state index is 12.6. The molecule has 0 bridgehead atoms. The minimum Gasteiger partial charge on any atom is -0.368 e. The Labute approximate surface area is 128 Å². The number of nitrogens with two attached hydrogens (primary N) is 1. The van der Waals surface area contributed by atoms with Gasteiger partial charge < -0.3 is 10.6 Å². The molecule has 0 aromatic heterocycles. The van der Waals surface area contributed by atoms with Crippen LogP contribution in [0.4, 0.5) is 18.0 Å². The van der Waals surface area contributed by atoms with Crippen LogP contribution in [-0.4, -0.2) is 23.9 Å². The molecule has 5 nitrogen and oxygen atoms in total. The number of urea groups is 1. The van der Waals surface area contributed by atoms with Crippen LogP contribution >= 0.6 is 23.4 Å². The lowest BCUT2D eigenvalue weighted by Crippen LogP contribution is -2.43. The molecular weight excluding hydrogens is 332 g/mol. The van der Waals surface area contributed by atoms with Crippen LogP contribution in [0.15, 0.2) is 22.7 Å². The Bertz CT molecular complexity index is 563. The summed E-state index contributed by atoms with van der Waals surface area (Å²) in [5.74, 6) is -0.330. The fraction of sp³-hybridized carbons (Fsp3) is 0.273. The number of hydrogen-bond acceptors (Lipinski definition) is 2. The van der Waals surface area contributed by atoms with Gasteiger partial charge in [-0.3, -0.25) is 5.32 Å². The maximum Gasteiger partial charge on any atom is 0.416 e. The van der Waals surface area contributed by atoms with Crippen LogP contribution in [-0.2, 0) is 12.7 Å². The molecule has 0 aliphatic rings. The van der Waals surface area contributed by atoms with Gasteiger partial charge in [0.2, 0.25) is 5.96 Å². The van der Waals surface area contributed by atoms with Crippen LogP contribution < -0.4 is 11.1 Å². The van der Waals surface area contributed by atoms with E-state index in [2.05, 4.69) is 9.83 Å². The summed E-state index contributed by atoms with van der Waals surface area (Å²) < 4.78 is 40.9. The first-order chi connectivity index (χ1) is 9.65. The van der Waals surface area contributed by atoms with Crippen LogP contribution in [0.5, 0.6) is 0 Å². The Kier molecular flexibility index (Phi) is 5.68. The number of carbonyl (C=O) groups is 1. The molecule has 1 rings (SSSR count). The molecule has 0 radical (unpaired) electrons. The van der Waals surface area contributed by atoms with Crippen molar-refractivity contribution in [3.05, 3.63) is 34.3 Å². The summed E-state index contributed by atoms with van der Waals surface area (Å²) in [6, 6.07) is 2.18. The standard InChI is InChI=1S/C11H11Cl2F3N4O/c1-20(10(21)18-9(17)19-13)5-6-4-7(11(14,15)16)2-3-8(6)12/h2-4H,5H2,1H3,(H3,17,18,19,21). The van der Waals surface area contributed by atoms with Gasteiger partial charge in [0.1, 0.15) is 0 Å². The average Bonchev–Trinajstić information content (AvgIpc) is 2.39. The highest BCUT2D eigenvalue weighted by Gasteiger charge is 2.31. The van der Waals surface area contributed by atoms with Gasteiger partial charge in [-0.25, -0.2) is 4.79 Å². The second-order valence-corrected chi connectivity index (χ2v) is 4.64. The van der Waals surface area contributed by atoms with Crippen molar-refractivity contribution in [3.8, 4) is 0 Å². The second-order valence-electron chi connectivity index (χ2n) is 4.06. The van der Waals surface area contributed by atoms with Crippen LogP contribution in [0.3, 0.4) is 0 Å². The lowest BCUT2D eigenvalue weighted by Gasteiger charge is -2.19. The quantitative estimate of drug-likeness (QED) is 0.640. The molecule has 2 amide bonds. The Morgan fingerprint density at radius 2 is 2.10 bits per heavy atom. The number of halogens is 5. The summed E-state index contributed by atoms with van der Waals surface area (Å²) in [6.07, 6.45) is -4.49. The van der Waals surface area contributed by atoms with Gasteiger partial charge in [0.15, 0.2) is 0 Å². The van der Waals surface area contributed by atoms with Crippen molar-refractivity contribution in [2.45, 2.75) is 12.7 Å². The van der Waals surface area contributed by atoms with E-state index in [-0.39, 0.29) is 23.1 Å². The molecule has 1 aromatic rings. The molecular formula is C11H11Cl2F3N4O. The molecule has 0 aliphatic carbocycles. The first kappa shape index (κ1) is 17.4. The second kappa shape index (κ2) is 6.86. The highest BCUT2D eigenvalue weighted by atomic mass is 35.5. The van der Waals surface area contributed by atoms with Gasteiger partial charge in [-0.1, -0.05) is 11.6 Å². The first-order valence-electron chi connectivity index (χ1n) is 5.47. The van der Waals surface area contributed by atoms with Crippen molar-refractivity contribution in [2.75, 3.05) is 7.05 Å². The van der Waals surface area contributed by atoms with Gasteiger partial charge in [-0.05, 0) is 23.8 Å². The van der Waals surface area contributed by atoms with E-state index < -0.39 is 17.8 Å². The Balaban J connectivity index is 2.89. The smallest absolute Gasteiger partial charge is 0.368 e. The zero-order valence-electron chi connectivity index (χ0n) is 10.7. The molecule has 116 valence electrons. The van der Waals surface area contributed by atoms with Crippen molar-refractivity contribution >= 4 is 35.4 Å². The van der Waals surface area contributed by atoms with E-state index in [1.54, 1.807) is 0 Å². The van der Waals surface area contributed by atoms with E-state index in [1.807, 2.05) is 0 Å². The number of rotatable bonds is 2. The average molecular weight is 343 g/mol. The fourth-order valence-corrected chi connectivity index (χ4v) is 1.65. The molecule has 0 heterocycles. The van der Waals surface area contributed by atoms with Crippen molar-refractivity contribution < 1.29 is 18.0 Å². The Morgan fingerprint density at radius 3 is 2.62 bits per heavy atom. The number of benzene rings is 1. The molecule has 0 spiro atoms. The number of nitrogens with one attached hydrogen (secondary N) is 1. The van der Waals surface area contributed by atoms with Crippen molar-refractivity contribution in [1.29, 1.82) is 0 Å². The zero-order chi connectivity index (χ0) is 16.2. The van der Waals surface area contributed by atoms with Gasteiger partial charge in [-0.2, -0.15) is 13.2 Å². The van der Waals surface area contributed by atoms with Crippen LogP contribution in [0, 0.1) is 0 Å². The third-order valence-electron chi connectivity index (χ3n) is 2.45. The normalized spacial score (nSPS) is 12.2. The largest absolute Gasteiger partial charge is 0.416 e.